The third kappa shape index (κ3) is 4.17. The molecule has 0 bridgehead atoms. The second-order valence-electron chi connectivity index (χ2n) is 14.7. The monoisotopic (exact) mass is 534 g/mol. The van der Waals surface area contributed by atoms with Crippen molar-refractivity contribution in [1.29, 1.82) is 0 Å². The molecule has 0 aromatic heterocycles. The first-order valence-electron chi connectivity index (χ1n) is 12.5. The van der Waals surface area contributed by atoms with E-state index < -0.39 is 20.8 Å². The molecule has 0 amide bonds. The standard InChI is InChI=1S/2C12H20N.2C2H6N.Zr/c2*1-11(2,3)9-7-8-10(13-9)12(4,5)6;2*1-3-2;/h2*7-8H,1-6H3;2*1-2H3;/q;;2*-1;+2. The van der Waals surface area contributed by atoms with E-state index >= 15 is 0 Å². The van der Waals surface area contributed by atoms with Crippen molar-refractivity contribution in [3.05, 3.63) is 24.3 Å². The van der Waals surface area contributed by atoms with Crippen LogP contribution in [0.25, 0.3) is 0 Å². The molecule has 2 aliphatic heterocycles. The number of nitrogens with zero attached hydrogens (tertiary/aromatic N) is 4. The molecule has 2 rings (SSSR count). The summed E-state index contributed by atoms with van der Waals surface area (Å²) < 4.78 is 4.55. The van der Waals surface area contributed by atoms with Crippen LogP contribution in [0.3, 0.4) is 0 Å². The number of hydrogen-bond acceptors (Lipinski definition) is 4. The molecule has 4 nitrogen and oxygen atoms in total. The van der Waals surface area contributed by atoms with E-state index in [1.165, 1.54) is 11.4 Å². The summed E-state index contributed by atoms with van der Waals surface area (Å²) in [6.07, 6.45) is 9.62. The van der Waals surface area contributed by atoms with Gasteiger partial charge in [0.1, 0.15) is 0 Å². The Morgan fingerprint density at radius 1 is 0.576 bits per heavy atom. The molecule has 2 unspecified atom stereocenters. The number of aliphatic imine (C=N–C) groups is 2. The van der Waals surface area contributed by atoms with Gasteiger partial charge in [-0.1, -0.05) is 0 Å². The molecule has 0 aromatic carbocycles. The second-order valence-corrected chi connectivity index (χ2v) is 26.1. The normalized spacial score (nSPS) is 27.1. The number of allylic oxidation sites excluding steroid dienone is 2. The molecule has 0 radical (unpaired) electrons. The van der Waals surface area contributed by atoms with E-state index in [1.54, 1.807) is 0 Å². The zero-order valence-corrected chi connectivity index (χ0v) is 27.1. The molecule has 0 saturated carbocycles. The molecule has 2 atom stereocenters. The fourth-order valence-corrected chi connectivity index (χ4v) is 24.2. The molecule has 0 saturated heterocycles. The van der Waals surface area contributed by atoms with Gasteiger partial charge in [-0.25, -0.2) is 0 Å². The van der Waals surface area contributed by atoms with Crippen LogP contribution in [0.1, 0.15) is 83.1 Å². The van der Waals surface area contributed by atoms with Crippen molar-refractivity contribution in [1.82, 2.24) is 5.69 Å². The predicted molar refractivity (Wildman–Crippen MR) is 144 cm³/mol. The number of rotatable bonds is 4. The molecule has 0 spiro atoms. The van der Waals surface area contributed by atoms with Crippen LogP contribution in [0.15, 0.2) is 34.3 Å². The topological polar surface area (TPSA) is 31.2 Å². The minimum atomic E-state index is -3.91. The van der Waals surface area contributed by atoms with E-state index in [0.717, 1.165) is 0 Å². The quantitative estimate of drug-likeness (QED) is 0.401. The molecule has 0 N–H and O–H groups in total. The van der Waals surface area contributed by atoms with Crippen LogP contribution < -0.4 is 0 Å². The van der Waals surface area contributed by atoms with Crippen LogP contribution in [0.4, 0.5) is 0 Å². The van der Waals surface area contributed by atoms with Gasteiger partial charge >= 0.3 is 212 Å². The summed E-state index contributed by atoms with van der Waals surface area (Å²) in [6, 6.07) is 0. The Bertz CT molecular complexity index is 805. The third-order valence-electron chi connectivity index (χ3n) is 7.74. The first kappa shape index (κ1) is 28.9. The Labute approximate surface area is 210 Å². The first-order valence-corrected chi connectivity index (χ1v) is 17.1. The van der Waals surface area contributed by atoms with Crippen LogP contribution in [-0.2, 0) is 20.8 Å². The summed E-state index contributed by atoms with van der Waals surface area (Å²) in [5.74, 6) is 0. The van der Waals surface area contributed by atoms with Gasteiger partial charge in [-0.2, -0.15) is 0 Å². The van der Waals surface area contributed by atoms with Crippen molar-refractivity contribution in [2.45, 2.75) is 89.6 Å². The molecule has 188 valence electrons. The Balaban J connectivity index is 3.16. The molecular weight excluding hydrogens is 484 g/mol. The summed E-state index contributed by atoms with van der Waals surface area (Å²) in [5.41, 5.74) is 2.25. The molecule has 33 heavy (non-hydrogen) atoms. The Morgan fingerprint density at radius 3 is 1.00 bits per heavy atom. The summed E-state index contributed by atoms with van der Waals surface area (Å²) >= 11 is -3.91. The van der Waals surface area contributed by atoms with Gasteiger partial charge in [0.2, 0.25) is 0 Å². The SMILES string of the molecule is C[N](C)[Zr]([N](C)C)([C]1(C(C)(C)C)C=CC(C(C)(C)C)=N1)[C]1(C(C)(C)C)C=CC(C(C)(C)C)=N1. The van der Waals surface area contributed by atoms with E-state index in [1.807, 2.05) is 0 Å². The maximum absolute atomic E-state index is 5.78. The van der Waals surface area contributed by atoms with Crippen LogP contribution in [0.5, 0.6) is 0 Å². The molecule has 2 aliphatic rings. The van der Waals surface area contributed by atoms with Crippen molar-refractivity contribution in [3.8, 4) is 0 Å². The van der Waals surface area contributed by atoms with E-state index in [-0.39, 0.29) is 28.2 Å². The molecule has 2 heterocycles. The predicted octanol–water partition coefficient (Wildman–Crippen LogP) is 6.69. The van der Waals surface area contributed by atoms with E-state index in [4.69, 9.17) is 9.98 Å². The van der Waals surface area contributed by atoms with E-state index in [2.05, 4.69) is 141 Å². The van der Waals surface area contributed by atoms with Crippen molar-refractivity contribution in [3.63, 3.8) is 0 Å². The van der Waals surface area contributed by atoms with Gasteiger partial charge in [0, 0.05) is 0 Å². The van der Waals surface area contributed by atoms with E-state index in [0.29, 0.717) is 0 Å². The second kappa shape index (κ2) is 8.34. The summed E-state index contributed by atoms with van der Waals surface area (Å²) in [7, 11) is 9.20. The zero-order chi connectivity index (χ0) is 26.1. The van der Waals surface area contributed by atoms with Gasteiger partial charge in [0.25, 0.3) is 0 Å². The first-order chi connectivity index (χ1) is 14.5. The average Bonchev–Trinajstić information content (AvgIpc) is 3.19. The van der Waals surface area contributed by atoms with Crippen molar-refractivity contribution in [2.24, 2.45) is 31.6 Å². The Kier molecular flexibility index (Phi) is 7.29. The van der Waals surface area contributed by atoms with Crippen molar-refractivity contribution < 1.29 is 20.8 Å². The summed E-state index contributed by atoms with van der Waals surface area (Å²) in [5, 5.41) is 0. The molecule has 0 aromatic rings. The fourth-order valence-electron chi connectivity index (χ4n) is 6.09. The van der Waals surface area contributed by atoms with E-state index in [9.17, 15) is 0 Å². The van der Waals surface area contributed by atoms with Gasteiger partial charge in [-0.05, 0) is 0 Å². The third-order valence-corrected chi connectivity index (χ3v) is 24.4. The maximum atomic E-state index is 5.78. The van der Waals surface area contributed by atoms with Gasteiger partial charge in [0.15, 0.2) is 0 Å². The Morgan fingerprint density at radius 2 is 0.848 bits per heavy atom. The van der Waals surface area contributed by atoms with Gasteiger partial charge in [0.05, 0.1) is 0 Å². The van der Waals surface area contributed by atoms with Crippen LogP contribution >= 0.6 is 0 Å². The number of hydrogen-bond donors (Lipinski definition) is 0. The molecule has 0 fully saturated rings. The van der Waals surface area contributed by atoms with Gasteiger partial charge in [-0.3, -0.25) is 0 Å². The molecule has 0 aliphatic carbocycles. The fraction of sp³-hybridized carbons (Fsp3) is 0.786. The van der Waals surface area contributed by atoms with Crippen molar-refractivity contribution >= 4 is 11.4 Å². The minimum absolute atomic E-state index is 0.0000164. The van der Waals surface area contributed by atoms with Crippen LogP contribution in [-0.4, -0.2) is 51.8 Å². The van der Waals surface area contributed by atoms with Crippen LogP contribution in [0.2, 0.25) is 0 Å². The summed E-state index contributed by atoms with van der Waals surface area (Å²) in [4.78, 5) is 11.6. The van der Waals surface area contributed by atoms with Crippen molar-refractivity contribution in [2.75, 3.05) is 28.2 Å². The van der Waals surface area contributed by atoms with Gasteiger partial charge in [-0.15, -0.1) is 0 Å². The van der Waals surface area contributed by atoms with Gasteiger partial charge < -0.3 is 0 Å². The summed E-state index contributed by atoms with van der Waals surface area (Å²) in [6.45, 7) is 28.0. The average molecular weight is 536 g/mol. The molecule has 5 heteroatoms. The zero-order valence-electron chi connectivity index (χ0n) is 24.6. The Hall–Kier alpha value is -0.377. The van der Waals surface area contributed by atoms with Crippen LogP contribution in [0, 0.1) is 21.7 Å². The molecular formula is C28H52N4Zr.